The number of rotatable bonds is 4. The van der Waals surface area contributed by atoms with Gasteiger partial charge in [0.25, 0.3) is 0 Å². The van der Waals surface area contributed by atoms with E-state index in [0.717, 1.165) is 10.5 Å². The van der Waals surface area contributed by atoms with Crippen LogP contribution in [-0.4, -0.2) is 24.4 Å². The van der Waals surface area contributed by atoms with Crippen molar-refractivity contribution in [2.24, 2.45) is 0 Å². The zero-order valence-corrected chi connectivity index (χ0v) is 8.25. The van der Waals surface area contributed by atoms with Crippen LogP contribution in [0.5, 0.6) is 0 Å². The third-order valence-electron chi connectivity index (χ3n) is 2.00. The molecule has 0 saturated heterocycles. The lowest BCUT2D eigenvalue weighted by Crippen LogP contribution is -2.31. The van der Waals surface area contributed by atoms with E-state index in [4.69, 9.17) is 6.85 Å². The Balaban J connectivity index is 2.94. The summed E-state index contributed by atoms with van der Waals surface area (Å²) in [6.07, 6.45) is 2.21. The van der Waals surface area contributed by atoms with Crippen molar-refractivity contribution in [1.29, 1.82) is 0 Å². The number of likely N-dealkylation sites (N-methyl/N-ethyl adjacent to an activating group) is 1. The Morgan fingerprint density at radius 2 is 2.43 bits per heavy atom. The third kappa shape index (κ3) is 3.24. The Hall–Kier alpha value is -1.26. The molecule has 0 aromatic heterocycles. The van der Waals surface area contributed by atoms with Gasteiger partial charge >= 0.3 is 0 Å². The van der Waals surface area contributed by atoms with Crippen LogP contribution in [0.2, 0.25) is 0 Å². The van der Waals surface area contributed by atoms with Gasteiger partial charge in [0.05, 0.1) is 6.54 Å². The summed E-state index contributed by atoms with van der Waals surface area (Å²) < 4.78 is 37.6. The highest BCUT2D eigenvalue weighted by Crippen LogP contribution is 2.06. The van der Waals surface area contributed by atoms with Crippen molar-refractivity contribution in [3.05, 3.63) is 35.9 Å². The number of benzene rings is 1. The van der Waals surface area contributed by atoms with Crippen molar-refractivity contribution in [3.8, 4) is 12.3 Å². The molecule has 1 aromatic rings. The Morgan fingerprint density at radius 3 is 3.07 bits per heavy atom. The van der Waals surface area contributed by atoms with Gasteiger partial charge < -0.3 is 0 Å². The van der Waals surface area contributed by atoms with Gasteiger partial charge in [-0.3, -0.25) is 4.90 Å². The smallest absolute Gasteiger partial charge is 0.124 e. The Bertz CT molecular complexity index is 455. The van der Waals surface area contributed by atoms with Crippen LogP contribution in [0, 0.1) is 12.3 Å². The van der Waals surface area contributed by atoms with Crippen molar-refractivity contribution < 1.29 is 6.85 Å². The summed E-state index contributed by atoms with van der Waals surface area (Å²) in [4.78, 5) is 1.04. The Labute approximate surface area is 93.8 Å². The first-order valence-electron chi connectivity index (χ1n) is 6.98. The van der Waals surface area contributed by atoms with Gasteiger partial charge in [-0.1, -0.05) is 36.3 Å². The van der Waals surface area contributed by atoms with Gasteiger partial charge in [-0.15, -0.1) is 6.40 Å². The van der Waals surface area contributed by atoms with E-state index < -0.39 is 13.0 Å². The van der Waals surface area contributed by atoms with Crippen LogP contribution in [0.3, 0.4) is 0 Å². The molecule has 0 radical (unpaired) electrons. The summed E-state index contributed by atoms with van der Waals surface area (Å²) in [5, 5.41) is 0. The van der Waals surface area contributed by atoms with Gasteiger partial charge in [0, 0.05) is 11.5 Å². The second-order valence-electron chi connectivity index (χ2n) is 3.16. The van der Waals surface area contributed by atoms with Gasteiger partial charge in [-0.05, 0) is 25.9 Å². The molecule has 1 nitrogen and oxygen atoms in total. The summed E-state index contributed by atoms with van der Waals surface area (Å²) in [6, 6.07) is 8.00. The van der Waals surface area contributed by atoms with Crippen LogP contribution in [0.1, 0.15) is 19.3 Å². The maximum absolute atomic E-state index is 8.29. The topological polar surface area (TPSA) is 3.24 Å². The average molecular weight is 192 g/mol. The molecule has 0 fully saturated rings. The lowest BCUT2D eigenvalue weighted by molar-refractivity contribution is 0.287. The van der Waals surface area contributed by atoms with Crippen molar-refractivity contribution in [2.45, 2.75) is 19.4 Å². The largest absolute Gasteiger partial charge is 0.292 e. The fourth-order valence-electron chi connectivity index (χ4n) is 1.20. The van der Waals surface area contributed by atoms with Gasteiger partial charge in [0.15, 0.2) is 0 Å². The molecule has 1 atom stereocenters. The van der Waals surface area contributed by atoms with Gasteiger partial charge in [0.2, 0.25) is 0 Å². The lowest BCUT2D eigenvalue weighted by Gasteiger charge is -2.22. The third-order valence-corrected chi connectivity index (χ3v) is 2.00. The zero-order valence-electron chi connectivity index (χ0n) is 13.2. The Morgan fingerprint density at radius 1 is 1.64 bits per heavy atom. The SMILES string of the molecule is [2H]C#CCN(C([2H])([2H])[2H])[C@@]([2H])(C)Cc1ccccc1. The molecule has 1 rings (SSSR count). The maximum atomic E-state index is 8.29. The van der Waals surface area contributed by atoms with Crippen LogP contribution in [0.15, 0.2) is 30.3 Å². The van der Waals surface area contributed by atoms with E-state index in [1.54, 1.807) is 6.92 Å². The predicted octanol–water partition coefficient (Wildman–Crippen LogP) is 2.18. The summed E-state index contributed by atoms with van der Waals surface area (Å²) in [7, 11) is 0. The van der Waals surface area contributed by atoms with E-state index in [1.165, 1.54) is 0 Å². The van der Waals surface area contributed by atoms with Gasteiger partial charge in [-0.25, -0.2) is 0 Å². The fourth-order valence-corrected chi connectivity index (χ4v) is 1.20. The number of terminal acetylenes is 1. The molecular formula is C13H17N. The van der Waals surface area contributed by atoms with Crippen molar-refractivity contribution in [2.75, 3.05) is 13.5 Å². The monoisotopic (exact) mass is 192 g/mol. The van der Waals surface area contributed by atoms with Crippen molar-refractivity contribution in [1.82, 2.24) is 4.90 Å². The molecule has 0 aliphatic carbocycles. The molecule has 0 aliphatic heterocycles. The highest BCUT2D eigenvalue weighted by atomic mass is 15.1. The summed E-state index contributed by atoms with van der Waals surface area (Å²) in [5.74, 6) is 2.41. The number of nitrogens with zero attached hydrogens (tertiary/aromatic N) is 1. The molecule has 0 heterocycles. The average Bonchev–Trinajstić information content (AvgIpc) is 2.28. The van der Waals surface area contributed by atoms with E-state index >= 15 is 0 Å². The van der Waals surface area contributed by atoms with Gasteiger partial charge in [0.1, 0.15) is 1.37 Å². The molecular weight excluding hydrogens is 170 g/mol. The molecule has 1 heteroatoms. The summed E-state index contributed by atoms with van der Waals surface area (Å²) in [6.45, 7) is -0.972. The highest BCUT2D eigenvalue weighted by molar-refractivity contribution is 5.15. The summed E-state index contributed by atoms with van der Waals surface area (Å²) >= 11 is 0. The normalized spacial score (nSPS) is 20.3. The van der Waals surface area contributed by atoms with Crippen molar-refractivity contribution in [3.63, 3.8) is 0 Å². The minimum atomic E-state index is -2.41. The van der Waals surface area contributed by atoms with E-state index in [9.17, 15) is 0 Å². The lowest BCUT2D eigenvalue weighted by atomic mass is 10.1. The standard InChI is InChI=1S/C13H17N/c1-4-10-14(3)12(2)11-13-8-6-5-7-9-13/h1,5-9,12H,10-11H2,2-3H3/t12-/m0/s1/i1D,3D3,12D. The van der Waals surface area contributed by atoms with Gasteiger partial charge in [-0.2, -0.15) is 0 Å². The first-order valence-corrected chi connectivity index (χ1v) is 4.48. The van der Waals surface area contributed by atoms with Crippen LogP contribution >= 0.6 is 0 Å². The Kier molecular flexibility index (Phi) is 2.18. The first-order chi connectivity index (χ1) is 8.77. The molecule has 0 spiro atoms. The fraction of sp³-hybridized carbons (Fsp3) is 0.385. The van der Waals surface area contributed by atoms with E-state index in [1.807, 2.05) is 36.7 Å². The highest BCUT2D eigenvalue weighted by Gasteiger charge is 2.07. The minimum Gasteiger partial charge on any atom is -0.292 e. The second-order valence-corrected chi connectivity index (χ2v) is 3.16. The van der Waals surface area contributed by atoms with Crippen LogP contribution in [-0.2, 0) is 6.42 Å². The van der Waals surface area contributed by atoms with E-state index in [2.05, 4.69) is 5.92 Å². The second kappa shape index (κ2) is 5.47. The number of hydrogen-bond donors (Lipinski definition) is 0. The van der Waals surface area contributed by atoms with Crippen LogP contribution < -0.4 is 0 Å². The molecule has 1 aromatic carbocycles. The molecule has 74 valence electrons. The maximum Gasteiger partial charge on any atom is 0.124 e. The molecule has 0 bridgehead atoms. The molecule has 14 heavy (non-hydrogen) atoms. The first kappa shape index (κ1) is 5.58. The molecule has 0 saturated carbocycles. The molecule has 0 unspecified atom stereocenters. The minimum absolute atomic E-state index is 0.118. The molecule has 0 aliphatic rings. The van der Waals surface area contributed by atoms with Crippen molar-refractivity contribution >= 4 is 0 Å². The predicted molar refractivity (Wildman–Crippen MR) is 61.1 cm³/mol. The zero-order chi connectivity index (χ0) is 14.5. The summed E-state index contributed by atoms with van der Waals surface area (Å²) in [5.41, 5.74) is 0.896. The van der Waals surface area contributed by atoms with Crippen LogP contribution in [0.4, 0.5) is 0 Å². The van der Waals surface area contributed by atoms with Crippen LogP contribution in [0.25, 0.3) is 0 Å². The van der Waals surface area contributed by atoms with E-state index in [0.29, 0.717) is 0 Å². The number of hydrogen-bond acceptors (Lipinski definition) is 1. The molecule has 0 amide bonds. The quantitative estimate of drug-likeness (QED) is 0.661. The molecule has 0 N–H and O–H groups in total. The van der Waals surface area contributed by atoms with E-state index in [-0.39, 0.29) is 13.0 Å².